The fourth-order valence-corrected chi connectivity index (χ4v) is 3.25. The normalized spacial score (nSPS) is 28.2. The topological polar surface area (TPSA) is 50.4 Å². The molecule has 1 unspecified atom stereocenters. The van der Waals surface area contributed by atoms with E-state index in [9.17, 15) is 4.79 Å². The van der Waals surface area contributed by atoms with Gasteiger partial charge < -0.3 is 15.4 Å². The van der Waals surface area contributed by atoms with Crippen LogP contribution in [0.5, 0.6) is 0 Å². The van der Waals surface area contributed by atoms with Crippen molar-refractivity contribution in [2.75, 3.05) is 26.8 Å². The number of methoxy groups -OCH3 is 1. The Morgan fingerprint density at radius 1 is 1.44 bits per heavy atom. The van der Waals surface area contributed by atoms with Crippen LogP contribution in [0, 0.1) is 5.41 Å². The molecule has 2 rings (SSSR count). The molecule has 0 aromatic rings. The first-order valence-corrected chi connectivity index (χ1v) is 6.26. The highest BCUT2D eigenvalue weighted by Crippen LogP contribution is 2.45. The molecule has 1 heterocycles. The molecule has 4 heteroatoms. The van der Waals surface area contributed by atoms with Crippen LogP contribution < -0.4 is 10.6 Å². The van der Waals surface area contributed by atoms with Gasteiger partial charge in [0.15, 0.2) is 0 Å². The van der Waals surface area contributed by atoms with Crippen LogP contribution in [-0.4, -0.2) is 38.8 Å². The van der Waals surface area contributed by atoms with Gasteiger partial charge in [-0.15, -0.1) is 0 Å². The van der Waals surface area contributed by atoms with Crippen LogP contribution in [0.2, 0.25) is 0 Å². The minimum absolute atomic E-state index is 0.0345. The van der Waals surface area contributed by atoms with Gasteiger partial charge in [0, 0.05) is 13.2 Å². The van der Waals surface area contributed by atoms with Gasteiger partial charge >= 0.3 is 0 Å². The number of carbonyl (C=O) groups excluding carboxylic acids is 1. The molecule has 0 aromatic heterocycles. The number of rotatable bonds is 3. The van der Waals surface area contributed by atoms with Crippen LogP contribution in [0.3, 0.4) is 0 Å². The molecule has 0 radical (unpaired) electrons. The van der Waals surface area contributed by atoms with E-state index in [1.54, 1.807) is 7.11 Å². The minimum Gasteiger partial charge on any atom is -0.375 e. The maximum atomic E-state index is 11.6. The molecule has 1 aliphatic heterocycles. The maximum Gasteiger partial charge on any atom is 0.246 e. The van der Waals surface area contributed by atoms with E-state index in [0.717, 1.165) is 19.5 Å². The summed E-state index contributed by atoms with van der Waals surface area (Å²) in [7, 11) is 1.56. The van der Waals surface area contributed by atoms with E-state index in [2.05, 4.69) is 10.6 Å². The van der Waals surface area contributed by atoms with Crippen molar-refractivity contribution in [3.63, 3.8) is 0 Å². The number of ether oxygens (including phenoxy) is 1. The summed E-state index contributed by atoms with van der Waals surface area (Å²) < 4.78 is 4.87. The largest absolute Gasteiger partial charge is 0.375 e. The van der Waals surface area contributed by atoms with E-state index in [1.165, 1.54) is 25.7 Å². The Bertz CT molecular complexity index is 249. The highest BCUT2D eigenvalue weighted by atomic mass is 16.5. The Kier molecular flexibility index (Phi) is 3.82. The van der Waals surface area contributed by atoms with Crippen LogP contribution in [0.4, 0.5) is 0 Å². The average molecular weight is 226 g/mol. The lowest BCUT2D eigenvalue weighted by Crippen LogP contribution is -2.50. The summed E-state index contributed by atoms with van der Waals surface area (Å²) >= 11 is 0. The van der Waals surface area contributed by atoms with Gasteiger partial charge in [-0.1, -0.05) is 6.42 Å². The monoisotopic (exact) mass is 226 g/mol. The molecular formula is C12H22N2O2. The van der Waals surface area contributed by atoms with Crippen molar-refractivity contribution in [3.8, 4) is 0 Å². The Labute approximate surface area is 97.1 Å². The lowest BCUT2D eigenvalue weighted by Gasteiger charge is -2.39. The molecule has 1 aliphatic carbocycles. The number of amides is 1. The van der Waals surface area contributed by atoms with E-state index in [-0.39, 0.29) is 12.5 Å². The van der Waals surface area contributed by atoms with E-state index in [1.807, 2.05) is 0 Å². The second-order valence-electron chi connectivity index (χ2n) is 5.06. The zero-order chi connectivity index (χ0) is 11.4. The van der Waals surface area contributed by atoms with Crippen molar-refractivity contribution < 1.29 is 9.53 Å². The summed E-state index contributed by atoms with van der Waals surface area (Å²) in [5.74, 6) is 0.0345. The van der Waals surface area contributed by atoms with Gasteiger partial charge in [0.05, 0.1) is 0 Å². The smallest absolute Gasteiger partial charge is 0.246 e. The summed E-state index contributed by atoms with van der Waals surface area (Å²) in [5.41, 5.74) is 0.370. The van der Waals surface area contributed by atoms with E-state index < -0.39 is 0 Å². The predicted molar refractivity (Wildman–Crippen MR) is 62.2 cm³/mol. The number of nitrogens with one attached hydrogen (secondary N) is 2. The van der Waals surface area contributed by atoms with Gasteiger partial charge in [-0.3, -0.25) is 4.79 Å². The molecule has 0 aromatic carbocycles. The van der Waals surface area contributed by atoms with Crippen LogP contribution in [0.15, 0.2) is 0 Å². The van der Waals surface area contributed by atoms with E-state index in [0.29, 0.717) is 11.5 Å². The fourth-order valence-electron chi connectivity index (χ4n) is 3.25. The Morgan fingerprint density at radius 3 is 2.88 bits per heavy atom. The minimum atomic E-state index is 0.0345. The van der Waals surface area contributed by atoms with Gasteiger partial charge in [0.25, 0.3) is 0 Å². The second kappa shape index (κ2) is 5.15. The molecule has 4 nitrogen and oxygen atoms in total. The molecule has 1 atom stereocenters. The van der Waals surface area contributed by atoms with Gasteiger partial charge in [-0.05, 0) is 44.2 Å². The number of carbonyl (C=O) groups is 1. The fraction of sp³-hybridized carbons (Fsp3) is 0.917. The van der Waals surface area contributed by atoms with Crippen molar-refractivity contribution in [3.05, 3.63) is 0 Å². The lowest BCUT2D eigenvalue weighted by atomic mass is 9.74. The lowest BCUT2D eigenvalue weighted by molar-refractivity contribution is -0.126. The van der Waals surface area contributed by atoms with Crippen LogP contribution >= 0.6 is 0 Å². The van der Waals surface area contributed by atoms with E-state index in [4.69, 9.17) is 4.74 Å². The number of hydrogen-bond donors (Lipinski definition) is 2. The summed E-state index contributed by atoms with van der Waals surface area (Å²) in [6.07, 6.45) is 6.05. The van der Waals surface area contributed by atoms with Crippen molar-refractivity contribution in [2.45, 2.75) is 38.1 Å². The molecule has 1 saturated heterocycles. The summed E-state index contributed by atoms with van der Waals surface area (Å²) in [5, 5.41) is 6.55. The molecule has 1 spiro atoms. The van der Waals surface area contributed by atoms with Crippen molar-refractivity contribution in [2.24, 2.45) is 5.41 Å². The van der Waals surface area contributed by atoms with E-state index >= 15 is 0 Å². The summed E-state index contributed by atoms with van der Waals surface area (Å²) in [4.78, 5) is 11.6. The molecule has 16 heavy (non-hydrogen) atoms. The van der Waals surface area contributed by atoms with Gasteiger partial charge in [0.1, 0.15) is 6.61 Å². The van der Waals surface area contributed by atoms with Crippen LogP contribution in [0.25, 0.3) is 0 Å². The molecule has 1 saturated carbocycles. The number of hydrogen-bond acceptors (Lipinski definition) is 3. The quantitative estimate of drug-likeness (QED) is 0.743. The Morgan fingerprint density at radius 2 is 2.19 bits per heavy atom. The average Bonchev–Trinajstić information content (AvgIpc) is 2.63. The first-order valence-electron chi connectivity index (χ1n) is 6.26. The third-order valence-electron chi connectivity index (χ3n) is 4.12. The molecule has 0 bridgehead atoms. The van der Waals surface area contributed by atoms with Gasteiger partial charge in [-0.2, -0.15) is 0 Å². The first kappa shape index (κ1) is 11.9. The van der Waals surface area contributed by atoms with Gasteiger partial charge in [-0.25, -0.2) is 0 Å². The predicted octanol–water partition coefficient (Wildman–Crippen LogP) is 0.671. The third kappa shape index (κ3) is 2.38. The Balaban J connectivity index is 1.94. The van der Waals surface area contributed by atoms with Crippen LogP contribution in [-0.2, 0) is 9.53 Å². The molecule has 2 aliphatic rings. The maximum absolute atomic E-state index is 11.6. The molecule has 2 fully saturated rings. The highest BCUT2D eigenvalue weighted by Gasteiger charge is 2.43. The highest BCUT2D eigenvalue weighted by molar-refractivity contribution is 5.77. The molecule has 92 valence electrons. The molecule has 1 amide bonds. The first-order chi connectivity index (χ1) is 7.77. The summed E-state index contributed by atoms with van der Waals surface area (Å²) in [6, 6.07) is 0.372. The summed E-state index contributed by atoms with van der Waals surface area (Å²) in [6.45, 7) is 2.37. The standard InChI is InChI=1S/C12H22N2O2/c1-16-9-11(15)14-10-3-2-4-12(10)5-7-13-8-6-12/h10,13H,2-9H2,1H3,(H,14,15). The van der Waals surface area contributed by atoms with Crippen molar-refractivity contribution >= 4 is 5.91 Å². The van der Waals surface area contributed by atoms with Crippen molar-refractivity contribution in [1.29, 1.82) is 0 Å². The Hall–Kier alpha value is -0.610. The number of piperidine rings is 1. The van der Waals surface area contributed by atoms with Crippen molar-refractivity contribution in [1.82, 2.24) is 10.6 Å². The van der Waals surface area contributed by atoms with Crippen LogP contribution in [0.1, 0.15) is 32.1 Å². The molecular weight excluding hydrogens is 204 g/mol. The third-order valence-corrected chi connectivity index (χ3v) is 4.12. The zero-order valence-electron chi connectivity index (χ0n) is 10.1. The van der Waals surface area contributed by atoms with Gasteiger partial charge in [0.2, 0.25) is 5.91 Å². The zero-order valence-corrected chi connectivity index (χ0v) is 10.1. The SMILES string of the molecule is COCC(=O)NC1CCCC12CCNCC2. The molecule has 2 N–H and O–H groups in total. The second-order valence-corrected chi connectivity index (χ2v) is 5.06.